The lowest BCUT2D eigenvalue weighted by Crippen LogP contribution is -2.43. The third-order valence-corrected chi connectivity index (χ3v) is 35.4. The Balaban J connectivity index is 0.000000133. The molecule has 6 N–H and O–H groups in total. The molecule has 0 bridgehead atoms. The first kappa shape index (κ1) is 107. The number of carboxylic acids is 5. The number of sulfone groups is 1. The highest BCUT2D eigenvalue weighted by atomic mass is 32.2. The highest BCUT2D eigenvalue weighted by molar-refractivity contribution is 7.91. The van der Waals surface area contributed by atoms with Crippen LogP contribution in [0.2, 0.25) is 0 Å². The van der Waals surface area contributed by atoms with E-state index in [-0.39, 0.29) is 72.6 Å². The van der Waals surface area contributed by atoms with Crippen LogP contribution in [-0.2, 0) is 151 Å². The van der Waals surface area contributed by atoms with E-state index < -0.39 is 160 Å². The molecule has 6 aromatic heterocycles. The zero-order valence-electron chi connectivity index (χ0n) is 80.9. The van der Waals surface area contributed by atoms with Gasteiger partial charge in [0.05, 0.1) is 45.8 Å². The van der Waals surface area contributed by atoms with Gasteiger partial charge in [-0.1, -0.05) is 18.2 Å². The lowest BCUT2D eigenvalue weighted by atomic mass is 9.94. The lowest BCUT2D eigenvalue weighted by molar-refractivity contribution is -0.138. The first-order chi connectivity index (χ1) is 69.8. The summed E-state index contributed by atoms with van der Waals surface area (Å²) in [5.41, 5.74) is 13.5. The number of rotatable bonds is 20. The molecular formula is C102H94F9N13O20S5. The second-order valence-electron chi connectivity index (χ2n) is 36.6. The fraction of sp³-hybridized carbons (Fsp3) is 0.255. The SMILES string of the molecule is Cc1c(Cc2ccc3c(c2)N(C)CN(C)S3(=O)=O)c2cc(F)ccc2n1CC(=O)O.Cc1c(Cc2ccc3c(c2)N=CN(C)S3(=O)=O)c2cc(F)ccc2n1CC(=O)O.Cc1c(Cc2ccc3c(c2)NC=NS3(=O)=O)c2cc(F)ccc2n1CC(=O)O.Cc1c(Cc2ccc3c(n2)C(F)(F)CCS3(=O)=O)c2cc(F)ccc2n1CC(=O)O.Cc1cc2c(cc1Cc1c(C)n(CC(=O)O)c3ccc(F)cc13)C(F)(F)CN(C)S2(=O)=O. The van der Waals surface area contributed by atoms with Crippen molar-refractivity contribution in [2.45, 2.75) is 149 Å². The molecule has 0 atom stereocenters. The zero-order valence-corrected chi connectivity index (χ0v) is 85.0. The normalized spacial score (nSPS) is 16.1. The second kappa shape index (κ2) is 40.2. The molecule has 780 valence electrons. The van der Waals surface area contributed by atoms with Gasteiger partial charge in [-0.05, 0) is 268 Å². The number of hydrogen-bond donors (Lipinski definition) is 6. The van der Waals surface area contributed by atoms with Gasteiger partial charge in [0.1, 0.15) is 94.9 Å². The van der Waals surface area contributed by atoms with Crippen LogP contribution in [0.4, 0.5) is 56.6 Å². The first-order valence-electron chi connectivity index (χ1n) is 45.5. The number of carboxylic acid groups (broad SMARTS) is 5. The first-order valence-corrected chi connectivity index (χ1v) is 53.0. The predicted octanol–water partition coefficient (Wildman–Crippen LogP) is 16.0. The van der Waals surface area contributed by atoms with Crippen LogP contribution in [0.15, 0.2) is 204 Å². The minimum Gasteiger partial charge on any atom is -0.480 e. The van der Waals surface area contributed by atoms with Gasteiger partial charge in [-0.15, -0.1) is 4.40 Å². The van der Waals surface area contributed by atoms with Gasteiger partial charge < -0.3 is 58.6 Å². The third-order valence-electron chi connectivity index (χ3n) is 26.9. The van der Waals surface area contributed by atoms with Gasteiger partial charge in [0.2, 0.25) is 20.0 Å². The van der Waals surface area contributed by atoms with Crippen LogP contribution in [0.25, 0.3) is 54.5 Å². The van der Waals surface area contributed by atoms with E-state index >= 15 is 0 Å². The summed E-state index contributed by atoms with van der Waals surface area (Å²) < 4.78 is 265. The van der Waals surface area contributed by atoms with Crippen molar-refractivity contribution in [2.24, 2.45) is 9.39 Å². The van der Waals surface area contributed by atoms with E-state index in [0.29, 0.717) is 129 Å². The number of benzene rings is 9. The van der Waals surface area contributed by atoms with Crippen molar-refractivity contribution >= 4 is 164 Å². The molecule has 0 amide bonds. The Bertz CT molecular complexity index is 8870. The molecule has 47 heteroatoms. The molecule has 0 radical (unpaired) electrons. The number of nitrogens with one attached hydrogen (secondary N) is 1. The van der Waals surface area contributed by atoms with Crippen molar-refractivity contribution in [2.75, 3.05) is 57.4 Å². The molecule has 0 fully saturated rings. The molecule has 0 spiro atoms. The van der Waals surface area contributed by atoms with E-state index in [4.69, 9.17) is 0 Å². The molecule has 149 heavy (non-hydrogen) atoms. The molecule has 11 heterocycles. The molecule has 20 rings (SSSR count). The molecule has 5 aliphatic rings. The summed E-state index contributed by atoms with van der Waals surface area (Å²) in [5.74, 6) is -14.7. The smallest absolute Gasteiger partial charge is 0.323 e. The highest BCUT2D eigenvalue weighted by Gasteiger charge is 2.48. The summed E-state index contributed by atoms with van der Waals surface area (Å²) in [4.78, 5) is 66.0. The van der Waals surface area contributed by atoms with E-state index in [2.05, 4.69) is 19.7 Å². The quantitative estimate of drug-likeness (QED) is 0.0386. The Kier molecular flexibility index (Phi) is 28.8. The van der Waals surface area contributed by atoms with Crippen molar-refractivity contribution in [1.29, 1.82) is 0 Å². The fourth-order valence-corrected chi connectivity index (χ4v) is 25.9. The van der Waals surface area contributed by atoms with Crippen LogP contribution in [0.5, 0.6) is 0 Å². The molecule has 15 aromatic rings. The monoisotopic (exact) mass is 2150 g/mol. The maximum absolute atomic E-state index is 14.7. The number of aliphatic imine (C=N–C) groups is 1. The largest absolute Gasteiger partial charge is 0.480 e. The number of pyridine rings is 1. The molecule has 9 aromatic carbocycles. The zero-order chi connectivity index (χ0) is 108. The van der Waals surface area contributed by atoms with E-state index in [0.717, 1.165) is 74.2 Å². The van der Waals surface area contributed by atoms with Crippen LogP contribution in [0.1, 0.15) is 107 Å². The van der Waals surface area contributed by atoms with Crippen molar-refractivity contribution in [3.05, 3.63) is 300 Å². The molecular weight excluding hydrogens is 2060 g/mol. The molecule has 0 saturated heterocycles. The van der Waals surface area contributed by atoms with Crippen LogP contribution in [0.3, 0.4) is 0 Å². The van der Waals surface area contributed by atoms with Crippen molar-refractivity contribution in [3.63, 3.8) is 0 Å². The van der Waals surface area contributed by atoms with E-state index in [1.54, 1.807) is 103 Å². The van der Waals surface area contributed by atoms with Gasteiger partial charge in [0.25, 0.3) is 31.9 Å². The second-order valence-corrected chi connectivity index (χ2v) is 46.2. The van der Waals surface area contributed by atoms with E-state index in [1.165, 1.54) is 137 Å². The Morgan fingerprint density at radius 1 is 0.396 bits per heavy atom. The van der Waals surface area contributed by atoms with Crippen LogP contribution in [-0.4, -0.2) is 198 Å². The number of aliphatic carboxylic acids is 5. The summed E-state index contributed by atoms with van der Waals surface area (Å²) >= 11 is 0. The number of anilines is 2. The lowest BCUT2D eigenvalue weighted by Gasteiger charge is -2.33. The van der Waals surface area contributed by atoms with Gasteiger partial charge in [0.15, 0.2) is 9.84 Å². The fourth-order valence-electron chi connectivity index (χ4n) is 19.4. The number of likely N-dealkylation sites (N-methyl/N-ethyl adjacent to an activating group) is 1. The summed E-state index contributed by atoms with van der Waals surface area (Å²) in [6, 6.07) is 40.7. The molecule has 33 nitrogen and oxygen atoms in total. The Labute approximate surface area is 846 Å². The Hall–Kier alpha value is -15.0. The number of alkyl halides is 4. The van der Waals surface area contributed by atoms with Crippen LogP contribution < -0.4 is 10.2 Å². The summed E-state index contributed by atoms with van der Waals surface area (Å²) in [6.45, 7) is 8.34. The summed E-state index contributed by atoms with van der Waals surface area (Å²) in [6.07, 6.45) is 2.88. The standard InChI is InChI=1S/C22H21F3N2O4S.C21H22FN3O4S.C20H17F3N2O4S.C20H18FN3O4S.C19H16FN3O4S/c1-12-6-20-18(22(24,25)11-26(3)32(20,30)31)8-14(12)7-16-13(2)27(10-21(28)29)19-5-4-15(23)9-17(16)19;1-13-16(17-10-15(22)5-6-18(17)25(13)11-21(26)27)8-14-4-7-20-19(9-14)23(2)12-24(3)30(20,28)29;1-11-14(15-8-12(21)2-4-16(15)25(11)10-18(26)27)9-13-3-5-17-19(24-13)20(22,23)6-7-30(17,28)29;1-12-15(16-9-14(21)4-5-18(16)24(12)10-20(25)26)7-13-3-6-19-17(8-13)22-11-23(2)29(19,27)28;1-11-14(15-8-13(20)3-4-17(15)23(11)9-19(24)25)6-12-2-5-18-16(7-12)21-10-22-28(18,26)27/h4-6,8-9H,7,10-11H2,1-3H3,(H,28,29);4-7,9-10H,8,11-12H2,1-3H3,(H,26,27);2-5,8H,6-7,9-10H2,1H3,(H,26,27);3-6,8-9,11H,7,10H2,1-2H3,(H,25,26);2-5,7-8,10H,6,9H2,1H3,(H,21,22)(H,24,25). The Morgan fingerprint density at radius 2 is 0.772 bits per heavy atom. The topological polar surface area (TPSA) is 444 Å². The highest BCUT2D eigenvalue weighted by Crippen LogP contribution is 2.46. The van der Waals surface area contributed by atoms with Crippen molar-refractivity contribution in [3.8, 4) is 0 Å². The number of halogens is 9. The number of fused-ring (bicyclic) bond motifs is 10. The van der Waals surface area contributed by atoms with Gasteiger partial charge in [-0.3, -0.25) is 28.3 Å². The number of carbonyl (C=O) groups is 5. The van der Waals surface area contributed by atoms with E-state index in [9.17, 15) is 131 Å². The minimum atomic E-state index is -4.03. The minimum absolute atomic E-state index is 0.0157. The summed E-state index contributed by atoms with van der Waals surface area (Å²) in [7, 11) is -12.8. The number of nitrogens with zero attached hydrogens (tertiary/aromatic N) is 12. The van der Waals surface area contributed by atoms with Crippen LogP contribution >= 0.6 is 0 Å². The molecule has 0 saturated carbocycles. The predicted molar refractivity (Wildman–Crippen MR) is 535 cm³/mol. The van der Waals surface area contributed by atoms with E-state index in [1.807, 2.05) is 24.9 Å². The molecule has 0 unspecified atom stereocenters. The van der Waals surface area contributed by atoms with Gasteiger partial charge in [-0.2, -0.15) is 34.6 Å². The molecule has 5 aliphatic heterocycles. The van der Waals surface area contributed by atoms with Crippen molar-refractivity contribution < 1.29 is 131 Å². The van der Waals surface area contributed by atoms with Crippen LogP contribution in [0, 0.1) is 70.6 Å². The number of aromatic nitrogens is 6. The average Bonchev–Trinajstić information content (AvgIpc) is 1.09. The number of hydrogen-bond acceptors (Lipinski definition) is 19. The maximum atomic E-state index is 14.7. The maximum Gasteiger partial charge on any atom is 0.323 e. The van der Waals surface area contributed by atoms with Crippen molar-refractivity contribution in [1.82, 2.24) is 40.7 Å². The van der Waals surface area contributed by atoms with Gasteiger partial charge in [0, 0.05) is 142 Å². The Morgan fingerprint density at radius 3 is 1.19 bits per heavy atom. The van der Waals surface area contributed by atoms with Gasteiger partial charge in [-0.25, -0.2) is 65.6 Å². The third kappa shape index (κ3) is 20.9. The average molecular weight is 2150 g/mol. The summed E-state index contributed by atoms with van der Waals surface area (Å²) in [5, 5.41) is 51.9. The number of aryl methyl sites for hydroxylation is 1. The number of sulfonamides is 4. The molecule has 0 aliphatic carbocycles. The van der Waals surface area contributed by atoms with Gasteiger partial charge >= 0.3 is 29.8 Å².